The number of carboxylic acids is 2. The quantitative estimate of drug-likeness (QED) is 0.620. The molecule has 1 aromatic rings. The maximum absolute atomic E-state index is 12.0. The number of carboxylic acid groups (broad SMARTS) is 2. The van der Waals surface area contributed by atoms with Crippen molar-refractivity contribution in [1.29, 1.82) is 0 Å². The van der Waals surface area contributed by atoms with E-state index in [1.165, 1.54) is 6.20 Å². The molecule has 0 aromatic carbocycles. The summed E-state index contributed by atoms with van der Waals surface area (Å²) in [5.74, 6) is -3.54. The Balaban J connectivity index is 2.68. The van der Waals surface area contributed by atoms with E-state index in [9.17, 15) is 19.0 Å². The zero-order valence-corrected chi connectivity index (χ0v) is 11.6. The highest BCUT2D eigenvalue weighted by Crippen LogP contribution is 2.46. The lowest BCUT2D eigenvalue weighted by Gasteiger charge is -2.16. The molecule has 2 unspecified atom stereocenters. The molecule has 7 nitrogen and oxygen atoms in total. The lowest BCUT2D eigenvalue weighted by molar-refractivity contribution is -0.142. The van der Waals surface area contributed by atoms with Gasteiger partial charge in [0.25, 0.3) is 0 Å². The van der Waals surface area contributed by atoms with E-state index >= 15 is 0 Å². The van der Waals surface area contributed by atoms with E-state index in [0.29, 0.717) is 5.69 Å². The number of hydrogen-bond acceptors (Lipinski definition) is 4. The van der Waals surface area contributed by atoms with E-state index in [2.05, 4.69) is 4.98 Å². The van der Waals surface area contributed by atoms with Crippen LogP contribution >= 0.6 is 7.37 Å². The monoisotopic (exact) mass is 301 g/mol. The summed E-state index contributed by atoms with van der Waals surface area (Å²) in [6.07, 6.45) is 0.295. The number of aliphatic carboxylic acids is 2. The van der Waals surface area contributed by atoms with Crippen molar-refractivity contribution in [2.75, 3.05) is 6.16 Å². The fraction of sp³-hybridized carbons (Fsp3) is 0.417. The maximum Gasteiger partial charge on any atom is 0.307 e. The molecule has 0 bridgehead atoms. The van der Waals surface area contributed by atoms with Crippen molar-refractivity contribution in [3.63, 3.8) is 0 Å². The molecule has 20 heavy (non-hydrogen) atoms. The van der Waals surface area contributed by atoms with Crippen molar-refractivity contribution in [3.05, 3.63) is 30.1 Å². The molecule has 0 saturated carbocycles. The topological polar surface area (TPSA) is 125 Å². The Hall–Kier alpha value is -1.72. The number of hydrogen-bond donors (Lipinski definition) is 3. The first-order chi connectivity index (χ1) is 9.30. The van der Waals surface area contributed by atoms with Crippen LogP contribution in [0.1, 0.15) is 18.5 Å². The van der Waals surface area contributed by atoms with Gasteiger partial charge in [0.05, 0.1) is 12.1 Å². The number of carbonyl (C=O) groups is 2. The van der Waals surface area contributed by atoms with Crippen LogP contribution < -0.4 is 0 Å². The highest BCUT2D eigenvalue weighted by molar-refractivity contribution is 7.57. The van der Waals surface area contributed by atoms with Gasteiger partial charge in [0.15, 0.2) is 0 Å². The first-order valence-corrected chi connectivity index (χ1v) is 7.98. The Bertz CT molecular complexity index is 518. The molecule has 0 aliphatic carbocycles. The zero-order valence-electron chi connectivity index (χ0n) is 10.7. The molecule has 1 aromatic heterocycles. The molecule has 0 aliphatic rings. The van der Waals surface area contributed by atoms with Crippen LogP contribution in [0, 0.1) is 5.92 Å². The third kappa shape index (κ3) is 5.95. The second kappa shape index (κ2) is 7.17. The molecule has 0 aliphatic heterocycles. The van der Waals surface area contributed by atoms with Crippen LogP contribution in [-0.4, -0.2) is 38.2 Å². The normalized spacial score (nSPS) is 15.2. The molecule has 2 atom stereocenters. The van der Waals surface area contributed by atoms with Gasteiger partial charge in [0.2, 0.25) is 7.37 Å². The first-order valence-electron chi connectivity index (χ1n) is 5.95. The number of pyridine rings is 1. The minimum absolute atomic E-state index is 0.169. The SMILES string of the molecule is O=C(O)CCC(CP(=O)(O)Cc1ccccn1)C(=O)O. The standard InChI is InChI=1S/C12H16NO6P/c14-11(15)5-4-9(12(16)17)7-20(18,19)8-10-3-1-2-6-13-10/h1-3,6,9H,4-5,7-8H2,(H,14,15)(H,16,17)(H,18,19). The van der Waals surface area contributed by atoms with Crippen LogP contribution in [-0.2, 0) is 20.3 Å². The first kappa shape index (κ1) is 16.3. The summed E-state index contributed by atoms with van der Waals surface area (Å²) in [4.78, 5) is 35.2. The van der Waals surface area contributed by atoms with E-state index in [4.69, 9.17) is 10.2 Å². The van der Waals surface area contributed by atoms with Crippen LogP contribution in [0.2, 0.25) is 0 Å². The third-order valence-electron chi connectivity index (χ3n) is 2.70. The molecule has 3 N–H and O–H groups in total. The van der Waals surface area contributed by atoms with E-state index < -0.39 is 31.4 Å². The molecule has 1 rings (SSSR count). The van der Waals surface area contributed by atoms with E-state index in [-0.39, 0.29) is 19.0 Å². The number of rotatable bonds is 8. The van der Waals surface area contributed by atoms with Crippen molar-refractivity contribution in [1.82, 2.24) is 4.98 Å². The van der Waals surface area contributed by atoms with Crippen molar-refractivity contribution in [2.45, 2.75) is 19.0 Å². The predicted octanol–water partition coefficient (Wildman–Crippen LogP) is 1.42. The van der Waals surface area contributed by atoms with Gasteiger partial charge in [0.1, 0.15) is 0 Å². The van der Waals surface area contributed by atoms with Gasteiger partial charge in [-0.05, 0) is 18.6 Å². The maximum atomic E-state index is 12.0. The fourth-order valence-corrected chi connectivity index (χ4v) is 3.59. The lowest BCUT2D eigenvalue weighted by atomic mass is 10.1. The molecule has 110 valence electrons. The van der Waals surface area contributed by atoms with Crippen molar-refractivity contribution in [3.8, 4) is 0 Å². The zero-order chi connectivity index (χ0) is 15.2. The van der Waals surface area contributed by atoms with Gasteiger partial charge >= 0.3 is 11.9 Å². The van der Waals surface area contributed by atoms with E-state index in [0.717, 1.165) is 0 Å². The fourth-order valence-electron chi connectivity index (χ4n) is 1.74. The van der Waals surface area contributed by atoms with Gasteiger partial charge in [-0.3, -0.25) is 19.1 Å². The summed E-state index contributed by atoms with van der Waals surface area (Å²) in [5, 5.41) is 17.5. The molecule has 0 fully saturated rings. The summed E-state index contributed by atoms with van der Waals surface area (Å²) >= 11 is 0. The summed E-state index contributed by atoms with van der Waals surface area (Å²) in [7, 11) is -3.72. The van der Waals surface area contributed by atoms with Gasteiger partial charge in [-0.15, -0.1) is 0 Å². The minimum atomic E-state index is -3.72. The molecule has 1 heterocycles. The highest BCUT2D eigenvalue weighted by atomic mass is 31.2. The highest BCUT2D eigenvalue weighted by Gasteiger charge is 2.29. The second-order valence-corrected chi connectivity index (χ2v) is 6.85. The summed E-state index contributed by atoms with van der Waals surface area (Å²) in [6, 6.07) is 4.91. The summed E-state index contributed by atoms with van der Waals surface area (Å²) in [6.45, 7) is 0. The van der Waals surface area contributed by atoms with Crippen LogP contribution in [0.3, 0.4) is 0 Å². The van der Waals surface area contributed by atoms with Gasteiger partial charge in [0, 0.05) is 24.5 Å². The lowest BCUT2D eigenvalue weighted by Crippen LogP contribution is -2.20. The van der Waals surface area contributed by atoms with Crippen molar-refractivity contribution in [2.24, 2.45) is 5.92 Å². The Morgan fingerprint density at radius 3 is 2.50 bits per heavy atom. The molecular formula is C12H16NO6P. The Kier molecular flexibility index (Phi) is 5.85. The van der Waals surface area contributed by atoms with E-state index in [1.807, 2.05) is 0 Å². The molecule has 0 radical (unpaired) electrons. The minimum Gasteiger partial charge on any atom is -0.481 e. The van der Waals surface area contributed by atoms with Crippen LogP contribution in [0.15, 0.2) is 24.4 Å². The van der Waals surface area contributed by atoms with Gasteiger partial charge < -0.3 is 15.1 Å². The Morgan fingerprint density at radius 2 is 2.00 bits per heavy atom. The predicted molar refractivity (Wildman–Crippen MR) is 70.6 cm³/mol. The summed E-state index contributed by atoms with van der Waals surface area (Å²) in [5.41, 5.74) is 0.403. The average Bonchev–Trinajstić information content (AvgIpc) is 2.34. The molecule has 0 spiro atoms. The Morgan fingerprint density at radius 1 is 1.30 bits per heavy atom. The number of nitrogens with zero attached hydrogens (tertiary/aromatic N) is 1. The number of aromatic nitrogens is 1. The molecular weight excluding hydrogens is 285 g/mol. The van der Waals surface area contributed by atoms with Gasteiger partial charge in [-0.2, -0.15) is 0 Å². The largest absolute Gasteiger partial charge is 0.481 e. The summed E-state index contributed by atoms with van der Waals surface area (Å²) < 4.78 is 12.0. The van der Waals surface area contributed by atoms with Crippen molar-refractivity contribution < 1.29 is 29.3 Å². The smallest absolute Gasteiger partial charge is 0.307 e. The third-order valence-corrected chi connectivity index (χ3v) is 4.53. The average molecular weight is 301 g/mol. The van der Waals surface area contributed by atoms with Crippen LogP contribution in [0.25, 0.3) is 0 Å². The van der Waals surface area contributed by atoms with Gasteiger partial charge in [-0.25, -0.2) is 0 Å². The van der Waals surface area contributed by atoms with Crippen LogP contribution in [0.5, 0.6) is 0 Å². The van der Waals surface area contributed by atoms with E-state index in [1.54, 1.807) is 18.2 Å². The molecule has 0 amide bonds. The molecule has 0 saturated heterocycles. The van der Waals surface area contributed by atoms with Gasteiger partial charge in [-0.1, -0.05) is 6.07 Å². The Labute approximate surface area is 115 Å². The molecule has 8 heteroatoms. The second-order valence-electron chi connectivity index (χ2n) is 4.48. The van der Waals surface area contributed by atoms with Crippen LogP contribution in [0.4, 0.5) is 0 Å². The van der Waals surface area contributed by atoms with Crippen molar-refractivity contribution >= 4 is 19.3 Å².